The third kappa shape index (κ3) is 4.48. The van der Waals surface area contributed by atoms with Crippen LogP contribution in [0.2, 0.25) is 0 Å². The molecule has 1 saturated heterocycles. The number of nitrogens with zero attached hydrogens (tertiary/aromatic N) is 1. The lowest BCUT2D eigenvalue weighted by Crippen LogP contribution is -2.40. The first kappa shape index (κ1) is 16.5. The molecule has 0 amide bonds. The van der Waals surface area contributed by atoms with Crippen LogP contribution in [0, 0.1) is 13.8 Å². The van der Waals surface area contributed by atoms with Gasteiger partial charge in [-0.3, -0.25) is 4.90 Å². The van der Waals surface area contributed by atoms with Gasteiger partial charge in [0, 0.05) is 12.6 Å². The first-order valence-electron chi connectivity index (χ1n) is 7.21. The predicted molar refractivity (Wildman–Crippen MR) is 84.9 cm³/mol. The van der Waals surface area contributed by atoms with Gasteiger partial charge in [-0.2, -0.15) is 0 Å². The van der Waals surface area contributed by atoms with E-state index in [4.69, 9.17) is 5.73 Å². The van der Waals surface area contributed by atoms with E-state index in [0.29, 0.717) is 6.04 Å². The molecule has 108 valence electrons. The normalized spacial score (nSPS) is 20.1. The van der Waals surface area contributed by atoms with E-state index in [1.54, 1.807) is 0 Å². The van der Waals surface area contributed by atoms with Gasteiger partial charge in [0.1, 0.15) is 0 Å². The fraction of sp³-hybridized carbons (Fsp3) is 0.625. The second-order valence-corrected chi connectivity index (χ2v) is 5.63. The molecule has 1 heterocycles. The molecule has 1 aliphatic heterocycles. The maximum absolute atomic E-state index is 5.74. The van der Waals surface area contributed by atoms with Crippen LogP contribution in [0.15, 0.2) is 18.2 Å². The van der Waals surface area contributed by atoms with Crippen molar-refractivity contribution in [1.29, 1.82) is 0 Å². The highest BCUT2D eigenvalue weighted by atomic mass is 35.5. The third-order valence-electron chi connectivity index (χ3n) is 4.12. The van der Waals surface area contributed by atoms with Gasteiger partial charge in [0.05, 0.1) is 0 Å². The zero-order chi connectivity index (χ0) is 13.0. The van der Waals surface area contributed by atoms with Gasteiger partial charge in [-0.1, -0.05) is 30.2 Å². The van der Waals surface area contributed by atoms with Crippen LogP contribution in [0.1, 0.15) is 42.4 Å². The van der Waals surface area contributed by atoms with Crippen molar-refractivity contribution in [3.8, 4) is 0 Å². The molecule has 2 N–H and O–H groups in total. The highest BCUT2D eigenvalue weighted by Crippen LogP contribution is 2.23. The van der Waals surface area contributed by atoms with Crippen molar-refractivity contribution in [2.45, 2.75) is 52.1 Å². The SMILES string of the molecule is Cc1ccc(CN2CCCCC2CCN)c(C)c1.Cl. The summed E-state index contributed by atoms with van der Waals surface area (Å²) >= 11 is 0. The summed E-state index contributed by atoms with van der Waals surface area (Å²) < 4.78 is 0. The Morgan fingerprint density at radius 1 is 1.26 bits per heavy atom. The lowest BCUT2D eigenvalue weighted by atomic mass is 9.97. The average Bonchev–Trinajstić information content (AvgIpc) is 2.35. The Hall–Kier alpha value is -0.570. The molecule has 0 aromatic heterocycles. The summed E-state index contributed by atoms with van der Waals surface area (Å²) in [5.41, 5.74) is 9.99. The van der Waals surface area contributed by atoms with E-state index in [0.717, 1.165) is 19.5 Å². The highest BCUT2D eigenvalue weighted by Gasteiger charge is 2.21. The molecule has 1 fully saturated rings. The Balaban J connectivity index is 0.00000180. The second-order valence-electron chi connectivity index (χ2n) is 5.63. The summed E-state index contributed by atoms with van der Waals surface area (Å²) in [6.45, 7) is 7.53. The molecule has 0 aliphatic carbocycles. The van der Waals surface area contributed by atoms with Crippen molar-refractivity contribution < 1.29 is 0 Å². The fourth-order valence-corrected chi connectivity index (χ4v) is 3.03. The van der Waals surface area contributed by atoms with Gasteiger partial charge in [-0.15, -0.1) is 12.4 Å². The third-order valence-corrected chi connectivity index (χ3v) is 4.12. The van der Waals surface area contributed by atoms with E-state index >= 15 is 0 Å². The van der Waals surface area contributed by atoms with Gasteiger partial charge in [0.15, 0.2) is 0 Å². The van der Waals surface area contributed by atoms with Gasteiger partial charge >= 0.3 is 0 Å². The molecule has 0 radical (unpaired) electrons. The summed E-state index contributed by atoms with van der Waals surface area (Å²) in [5.74, 6) is 0. The van der Waals surface area contributed by atoms with E-state index in [2.05, 4.69) is 36.9 Å². The highest BCUT2D eigenvalue weighted by molar-refractivity contribution is 5.85. The van der Waals surface area contributed by atoms with Crippen molar-refractivity contribution in [1.82, 2.24) is 4.90 Å². The molecule has 0 bridgehead atoms. The first-order valence-corrected chi connectivity index (χ1v) is 7.21. The Bertz CT molecular complexity index is 390. The minimum absolute atomic E-state index is 0. The largest absolute Gasteiger partial charge is 0.330 e. The van der Waals surface area contributed by atoms with Gasteiger partial charge < -0.3 is 5.73 Å². The first-order chi connectivity index (χ1) is 8.70. The number of halogens is 1. The number of benzene rings is 1. The van der Waals surface area contributed by atoms with Crippen LogP contribution < -0.4 is 5.73 Å². The van der Waals surface area contributed by atoms with Crippen LogP contribution in [-0.2, 0) is 6.54 Å². The van der Waals surface area contributed by atoms with E-state index in [-0.39, 0.29) is 12.4 Å². The molecule has 1 aromatic carbocycles. The number of nitrogens with two attached hydrogens (primary N) is 1. The summed E-state index contributed by atoms with van der Waals surface area (Å²) in [7, 11) is 0. The molecule has 19 heavy (non-hydrogen) atoms. The Morgan fingerprint density at radius 2 is 2.05 bits per heavy atom. The van der Waals surface area contributed by atoms with Gasteiger partial charge in [-0.25, -0.2) is 0 Å². The van der Waals surface area contributed by atoms with E-state index in [1.165, 1.54) is 42.5 Å². The minimum Gasteiger partial charge on any atom is -0.330 e. The van der Waals surface area contributed by atoms with Crippen LogP contribution in [0.4, 0.5) is 0 Å². The Morgan fingerprint density at radius 3 is 2.74 bits per heavy atom. The molecule has 1 atom stereocenters. The minimum atomic E-state index is 0. The molecule has 1 unspecified atom stereocenters. The van der Waals surface area contributed by atoms with Gasteiger partial charge in [0.25, 0.3) is 0 Å². The molecule has 0 saturated carbocycles. The van der Waals surface area contributed by atoms with Gasteiger partial charge in [0.2, 0.25) is 0 Å². The number of likely N-dealkylation sites (tertiary alicyclic amines) is 1. The molecular weight excluding hydrogens is 256 g/mol. The molecule has 2 rings (SSSR count). The Labute approximate surface area is 123 Å². The van der Waals surface area contributed by atoms with E-state index in [9.17, 15) is 0 Å². The van der Waals surface area contributed by atoms with Crippen LogP contribution >= 0.6 is 12.4 Å². The smallest absolute Gasteiger partial charge is 0.0239 e. The number of hydrogen-bond acceptors (Lipinski definition) is 2. The van der Waals surface area contributed by atoms with Crippen molar-refractivity contribution in [2.75, 3.05) is 13.1 Å². The number of piperidine rings is 1. The van der Waals surface area contributed by atoms with Crippen molar-refractivity contribution in [3.63, 3.8) is 0 Å². The van der Waals surface area contributed by atoms with Crippen LogP contribution in [0.5, 0.6) is 0 Å². The molecular formula is C16H27ClN2. The van der Waals surface area contributed by atoms with E-state index < -0.39 is 0 Å². The zero-order valence-corrected chi connectivity index (χ0v) is 13.0. The molecule has 0 spiro atoms. The maximum Gasteiger partial charge on any atom is 0.0239 e. The summed E-state index contributed by atoms with van der Waals surface area (Å²) in [4.78, 5) is 2.63. The molecule has 1 aliphatic rings. The average molecular weight is 283 g/mol. The van der Waals surface area contributed by atoms with Crippen molar-refractivity contribution >= 4 is 12.4 Å². The standard InChI is InChI=1S/C16H26N2.ClH/c1-13-6-7-15(14(2)11-13)12-18-10-4-3-5-16(18)8-9-17;/h6-7,11,16H,3-5,8-10,12,17H2,1-2H3;1H. The predicted octanol–water partition coefficient (Wildman–Crippen LogP) is 3.43. The van der Waals surface area contributed by atoms with Crippen LogP contribution in [0.3, 0.4) is 0 Å². The number of hydrogen-bond donors (Lipinski definition) is 1. The number of rotatable bonds is 4. The monoisotopic (exact) mass is 282 g/mol. The summed E-state index contributed by atoms with van der Waals surface area (Å²) in [6.07, 6.45) is 5.17. The lowest BCUT2D eigenvalue weighted by Gasteiger charge is -2.36. The molecule has 3 heteroatoms. The topological polar surface area (TPSA) is 29.3 Å². The summed E-state index contributed by atoms with van der Waals surface area (Å²) in [5, 5.41) is 0. The maximum atomic E-state index is 5.74. The van der Waals surface area contributed by atoms with Crippen molar-refractivity contribution in [2.24, 2.45) is 5.73 Å². The molecule has 2 nitrogen and oxygen atoms in total. The number of aryl methyl sites for hydroxylation is 2. The van der Waals surface area contributed by atoms with Gasteiger partial charge in [-0.05, 0) is 57.3 Å². The quantitative estimate of drug-likeness (QED) is 0.917. The summed E-state index contributed by atoms with van der Waals surface area (Å²) in [6, 6.07) is 7.50. The zero-order valence-electron chi connectivity index (χ0n) is 12.2. The van der Waals surface area contributed by atoms with Crippen molar-refractivity contribution in [3.05, 3.63) is 34.9 Å². The van der Waals surface area contributed by atoms with Crippen LogP contribution in [0.25, 0.3) is 0 Å². The van der Waals surface area contributed by atoms with Crippen LogP contribution in [-0.4, -0.2) is 24.0 Å². The second kappa shape index (κ2) is 7.88. The Kier molecular flexibility index (Phi) is 6.84. The lowest BCUT2D eigenvalue weighted by molar-refractivity contribution is 0.134. The van der Waals surface area contributed by atoms with E-state index in [1.807, 2.05) is 0 Å². The molecule has 1 aromatic rings. The fourth-order valence-electron chi connectivity index (χ4n) is 3.03.